The van der Waals surface area contributed by atoms with E-state index in [-0.39, 0.29) is 11.9 Å². The van der Waals surface area contributed by atoms with Gasteiger partial charge in [0.2, 0.25) is 5.95 Å². The van der Waals surface area contributed by atoms with E-state index < -0.39 is 0 Å². The second-order valence-electron chi connectivity index (χ2n) is 8.89. The average Bonchev–Trinajstić information content (AvgIpc) is 3.07. The monoisotopic (exact) mass is 411 g/mol. The van der Waals surface area contributed by atoms with Crippen LogP contribution in [0.5, 0.6) is 0 Å². The molecule has 7 heteroatoms. The van der Waals surface area contributed by atoms with Crippen LogP contribution in [0.25, 0.3) is 0 Å². The lowest BCUT2D eigenvalue weighted by molar-refractivity contribution is 0.0925. The topological polar surface area (TPSA) is 83.3 Å². The minimum atomic E-state index is -0.0330. The van der Waals surface area contributed by atoms with Crippen LogP contribution < -0.4 is 15.5 Å². The molecule has 0 aromatic carbocycles. The molecule has 162 valence electrons. The molecule has 0 atom stereocenters. The Hall–Kier alpha value is -2.57. The molecular weight excluding hydrogens is 378 g/mol. The van der Waals surface area contributed by atoms with Crippen molar-refractivity contribution in [3.05, 3.63) is 34.4 Å². The highest BCUT2D eigenvalue weighted by Gasteiger charge is 2.26. The van der Waals surface area contributed by atoms with E-state index in [0.717, 1.165) is 56.1 Å². The Kier molecular flexibility index (Phi) is 5.97. The first-order valence-electron chi connectivity index (χ1n) is 11.1. The summed E-state index contributed by atoms with van der Waals surface area (Å²) in [5, 5.41) is 6.74. The van der Waals surface area contributed by atoms with Gasteiger partial charge in [-0.15, -0.1) is 0 Å². The van der Waals surface area contributed by atoms with Gasteiger partial charge in [0, 0.05) is 31.7 Å². The van der Waals surface area contributed by atoms with Crippen molar-refractivity contribution in [2.24, 2.45) is 0 Å². The molecule has 2 aromatic heterocycles. The highest BCUT2D eigenvalue weighted by molar-refractivity contribution is 5.95. The smallest absolute Gasteiger partial charge is 0.255 e. The highest BCUT2D eigenvalue weighted by Crippen LogP contribution is 2.29. The summed E-state index contributed by atoms with van der Waals surface area (Å²) >= 11 is 0. The predicted molar refractivity (Wildman–Crippen MR) is 118 cm³/mol. The maximum absolute atomic E-state index is 12.5. The van der Waals surface area contributed by atoms with Crippen molar-refractivity contribution in [1.29, 1.82) is 0 Å². The van der Waals surface area contributed by atoms with E-state index in [1.807, 2.05) is 19.9 Å². The Balaban J connectivity index is 1.35. The fourth-order valence-corrected chi connectivity index (χ4v) is 4.69. The SMILES string of the molecule is Cc1cc(C(=O)N[C@H]2CC[C@@H](Nc3nc4c(c(N(C)C)n3)CCCC4)CC2)c(C)o1. The molecule has 0 bridgehead atoms. The second kappa shape index (κ2) is 8.66. The lowest BCUT2D eigenvalue weighted by atomic mass is 9.91. The van der Waals surface area contributed by atoms with Crippen molar-refractivity contribution in [3.8, 4) is 0 Å². The van der Waals surface area contributed by atoms with Crippen molar-refractivity contribution >= 4 is 17.7 Å². The average molecular weight is 412 g/mol. The van der Waals surface area contributed by atoms with Gasteiger partial charge in [-0.05, 0) is 71.3 Å². The minimum absolute atomic E-state index is 0.0330. The molecule has 30 heavy (non-hydrogen) atoms. The molecule has 7 nitrogen and oxygen atoms in total. The van der Waals surface area contributed by atoms with Crippen molar-refractivity contribution in [3.63, 3.8) is 0 Å². The summed E-state index contributed by atoms with van der Waals surface area (Å²) in [5.74, 6) is 3.22. The molecule has 1 saturated carbocycles. The molecule has 2 aliphatic carbocycles. The third kappa shape index (κ3) is 4.45. The molecule has 2 aromatic rings. The van der Waals surface area contributed by atoms with E-state index in [0.29, 0.717) is 17.4 Å². The fourth-order valence-electron chi connectivity index (χ4n) is 4.69. The number of hydrogen-bond acceptors (Lipinski definition) is 6. The Bertz CT molecular complexity index is 913. The van der Waals surface area contributed by atoms with Gasteiger partial charge in [0.1, 0.15) is 17.3 Å². The summed E-state index contributed by atoms with van der Waals surface area (Å²) in [6.45, 7) is 3.70. The second-order valence-corrected chi connectivity index (χ2v) is 8.89. The van der Waals surface area contributed by atoms with Gasteiger partial charge in [-0.3, -0.25) is 4.79 Å². The van der Waals surface area contributed by atoms with Crippen LogP contribution in [-0.2, 0) is 12.8 Å². The number of amides is 1. The molecule has 2 heterocycles. The maximum Gasteiger partial charge on any atom is 0.255 e. The molecule has 2 aliphatic rings. The quantitative estimate of drug-likeness (QED) is 0.779. The fraction of sp³-hybridized carbons (Fsp3) is 0.609. The molecule has 0 saturated heterocycles. The largest absolute Gasteiger partial charge is 0.466 e. The number of anilines is 2. The van der Waals surface area contributed by atoms with Crippen LogP contribution in [0.2, 0.25) is 0 Å². The van der Waals surface area contributed by atoms with Crippen LogP contribution in [0, 0.1) is 13.8 Å². The number of carbonyl (C=O) groups excluding carboxylic acids is 1. The van der Waals surface area contributed by atoms with Crippen molar-refractivity contribution in [1.82, 2.24) is 15.3 Å². The molecule has 0 spiro atoms. The Morgan fingerprint density at radius 2 is 1.77 bits per heavy atom. The number of hydrogen-bond donors (Lipinski definition) is 2. The molecule has 1 fully saturated rings. The number of nitrogens with zero attached hydrogens (tertiary/aromatic N) is 3. The maximum atomic E-state index is 12.5. The lowest BCUT2D eigenvalue weighted by Gasteiger charge is -2.30. The van der Waals surface area contributed by atoms with Crippen molar-refractivity contribution in [2.75, 3.05) is 24.3 Å². The van der Waals surface area contributed by atoms with E-state index in [4.69, 9.17) is 14.4 Å². The van der Waals surface area contributed by atoms with E-state index >= 15 is 0 Å². The van der Waals surface area contributed by atoms with Crippen LogP contribution in [0.15, 0.2) is 10.5 Å². The van der Waals surface area contributed by atoms with Gasteiger partial charge in [-0.1, -0.05) is 0 Å². The number of nitrogens with one attached hydrogen (secondary N) is 2. The molecule has 0 radical (unpaired) electrons. The summed E-state index contributed by atoms with van der Waals surface area (Å²) in [6, 6.07) is 2.35. The van der Waals surface area contributed by atoms with E-state index in [9.17, 15) is 4.79 Å². The van der Waals surface area contributed by atoms with Crippen LogP contribution in [0.3, 0.4) is 0 Å². The molecule has 0 unspecified atom stereocenters. The Morgan fingerprint density at radius 3 is 2.43 bits per heavy atom. The third-order valence-corrected chi connectivity index (χ3v) is 6.27. The summed E-state index contributed by atoms with van der Waals surface area (Å²) in [6.07, 6.45) is 8.42. The van der Waals surface area contributed by atoms with E-state index in [1.54, 1.807) is 0 Å². The first kappa shape index (κ1) is 20.7. The summed E-state index contributed by atoms with van der Waals surface area (Å²) in [5.41, 5.74) is 3.16. The van der Waals surface area contributed by atoms with E-state index in [2.05, 4.69) is 29.6 Å². The number of aryl methyl sites for hydroxylation is 3. The third-order valence-electron chi connectivity index (χ3n) is 6.27. The van der Waals surface area contributed by atoms with Gasteiger partial charge >= 0.3 is 0 Å². The number of rotatable bonds is 5. The summed E-state index contributed by atoms with van der Waals surface area (Å²) in [7, 11) is 4.11. The van der Waals surface area contributed by atoms with Crippen LogP contribution in [0.1, 0.15) is 71.7 Å². The van der Waals surface area contributed by atoms with E-state index in [1.165, 1.54) is 24.1 Å². The standard InChI is InChI=1S/C23H33N5O2/c1-14-13-19(15(2)30-14)22(29)24-16-9-11-17(12-10-16)25-23-26-20-8-6-5-7-18(20)21(27-23)28(3)4/h13,16-17H,5-12H2,1-4H3,(H,24,29)(H,25,26,27)/t16-,17+. The van der Waals surface area contributed by atoms with Crippen LogP contribution in [0.4, 0.5) is 11.8 Å². The van der Waals surface area contributed by atoms with Crippen molar-refractivity contribution in [2.45, 2.75) is 77.3 Å². The molecule has 1 amide bonds. The molecular formula is C23H33N5O2. The van der Waals surface area contributed by atoms with Gasteiger partial charge in [0.15, 0.2) is 0 Å². The van der Waals surface area contributed by atoms with Crippen molar-refractivity contribution < 1.29 is 9.21 Å². The Morgan fingerprint density at radius 1 is 1.07 bits per heavy atom. The van der Waals surface area contributed by atoms with Gasteiger partial charge in [-0.25, -0.2) is 4.98 Å². The Labute approximate surface area is 178 Å². The zero-order valence-electron chi connectivity index (χ0n) is 18.5. The number of aromatic nitrogens is 2. The number of carbonyl (C=O) groups is 1. The summed E-state index contributed by atoms with van der Waals surface area (Å²) < 4.78 is 5.49. The van der Waals surface area contributed by atoms with Gasteiger partial charge in [0.25, 0.3) is 5.91 Å². The predicted octanol–water partition coefficient (Wildman–Crippen LogP) is 3.78. The zero-order chi connectivity index (χ0) is 21.3. The minimum Gasteiger partial charge on any atom is -0.466 e. The van der Waals surface area contributed by atoms with Gasteiger partial charge in [0.05, 0.1) is 11.3 Å². The first-order chi connectivity index (χ1) is 14.4. The van der Waals surface area contributed by atoms with Crippen LogP contribution >= 0.6 is 0 Å². The first-order valence-corrected chi connectivity index (χ1v) is 11.1. The molecule has 4 rings (SSSR count). The molecule has 2 N–H and O–H groups in total. The summed E-state index contributed by atoms with van der Waals surface area (Å²) in [4.78, 5) is 24.3. The number of furan rings is 1. The van der Waals surface area contributed by atoms with Crippen LogP contribution in [-0.4, -0.2) is 42.1 Å². The van der Waals surface area contributed by atoms with Gasteiger partial charge < -0.3 is 20.0 Å². The zero-order valence-corrected chi connectivity index (χ0v) is 18.5. The lowest BCUT2D eigenvalue weighted by Crippen LogP contribution is -2.40. The molecule has 0 aliphatic heterocycles. The number of fused-ring (bicyclic) bond motifs is 1. The van der Waals surface area contributed by atoms with Gasteiger partial charge in [-0.2, -0.15) is 4.98 Å². The highest BCUT2D eigenvalue weighted by atomic mass is 16.3. The normalized spacial score (nSPS) is 21.1.